The predicted molar refractivity (Wildman–Crippen MR) is 65.0 cm³/mol. The zero-order valence-electron chi connectivity index (χ0n) is 10.6. The summed E-state index contributed by atoms with van der Waals surface area (Å²) in [6.07, 6.45) is 8.27. The van der Waals surface area contributed by atoms with Crippen molar-refractivity contribution in [3.63, 3.8) is 0 Å². The summed E-state index contributed by atoms with van der Waals surface area (Å²) in [7, 11) is 2.05. The third kappa shape index (κ3) is 2.83. The number of unbranched alkanes of at least 4 members (excludes halogenated alkanes) is 1. The zero-order chi connectivity index (χ0) is 11.3. The Bertz CT molecular complexity index is 290. The van der Waals surface area contributed by atoms with Gasteiger partial charge in [-0.3, -0.25) is 4.68 Å². The first-order valence-corrected chi connectivity index (χ1v) is 6.12. The van der Waals surface area contributed by atoms with Crippen molar-refractivity contribution in [2.24, 2.45) is 7.05 Å². The van der Waals surface area contributed by atoms with Crippen molar-refractivity contribution in [3.05, 3.63) is 18.0 Å². The van der Waals surface area contributed by atoms with Gasteiger partial charge in [-0.15, -0.1) is 0 Å². The Kier molecular flexibility index (Phi) is 4.37. The van der Waals surface area contributed by atoms with Crippen LogP contribution in [0.3, 0.4) is 0 Å². The average molecular weight is 208 g/mol. The molecule has 86 valence electrons. The maximum Gasteiger partial charge on any atom is 0.0492 e. The van der Waals surface area contributed by atoms with Crippen LogP contribution in [0, 0.1) is 0 Å². The van der Waals surface area contributed by atoms with Crippen molar-refractivity contribution in [1.29, 1.82) is 0 Å². The second-order valence-corrected chi connectivity index (χ2v) is 4.75. The van der Waals surface area contributed by atoms with Gasteiger partial charge in [0.05, 0.1) is 0 Å². The van der Waals surface area contributed by atoms with Crippen molar-refractivity contribution < 1.29 is 0 Å². The highest BCUT2D eigenvalue weighted by molar-refractivity contribution is 5.14. The summed E-state index contributed by atoms with van der Waals surface area (Å²) in [5.74, 6) is 0. The maximum absolute atomic E-state index is 4.29. The second kappa shape index (κ2) is 5.34. The highest BCUT2D eigenvalue weighted by Gasteiger charge is 2.27. The largest absolute Gasteiger partial charge is 0.272 e. The van der Waals surface area contributed by atoms with Crippen molar-refractivity contribution >= 4 is 0 Å². The number of aryl methyl sites for hydroxylation is 1. The minimum absolute atomic E-state index is 0.315. The van der Waals surface area contributed by atoms with Gasteiger partial charge in [-0.25, -0.2) is 0 Å². The van der Waals surface area contributed by atoms with Gasteiger partial charge >= 0.3 is 0 Å². The quantitative estimate of drug-likeness (QED) is 0.697. The fourth-order valence-corrected chi connectivity index (χ4v) is 2.47. The van der Waals surface area contributed by atoms with Crippen LogP contribution in [-0.4, -0.2) is 9.78 Å². The van der Waals surface area contributed by atoms with E-state index in [9.17, 15) is 0 Å². The van der Waals surface area contributed by atoms with E-state index < -0.39 is 0 Å². The number of hydrogen-bond acceptors (Lipinski definition) is 1. The minimum atomic E-state index is 0.315. The van der Waals surface area contributed by atoms with Gasteiger partial charge in [-0.1, -0.05) is 40.0 Å². The van der Waals surface area contributed by atoms with E-state index in [0.29, 0.717) is 5.41 Å². The summed E-state index contributed by atoms with van der Waals surface area (Å²) in [6, 6.07) is 2.17. The van der Waals surface area contributed by atoms with E-state index in [1.165, 1.54) is 37.8 Å². The van der Waals surface area contributed by atoms with Crippen molar-refractivity contribution in [1.82, 2.24) is 9.78 Å². The maximum atomic E-state index is 4.29. The lowest BCUT2D eigenvalue weighted by Crippen LogP contribution is -2.25. The van der Waals surface area contributed by atoms with Gasteiger partial charge < -0.3 is 0 Å². The topological polar surface area (TPSA) is 17.8 Å². The summed E-state index contributed by atoms with van der Waals surface area (Å²) in [5, 5.41) is 4.29. The third-order valence-corrected chi connectivity index (χ3v) is 3.32. The van der Waals surface area contributed by atoms with E-state index in [1.807, 2.05) is 10.9 Å². The van der Waals surface area contributed by atoms with Gasteiger partial charge in [0.1, 0.15) is 0 Å². The lowest BCUT2D eigenvalue weighted by molar-refractivity contribution is 0.358. The SMILES string of the molecule is CCCCC(C)(CCC)c1ccnn1C. The van der Waals surface area contributed by atoms with Crippen LogP contribution in [0.4, 0.5) is 0 Å². The van der Waals surface area contributed by atoms with Crippen molar-refractivity contribution in [2.75, 3.05) is 0 Å². The Morgan fingerprint density at radius 2 is 2.00 bits per heavy atom. The van der Waals surface area contributed by atoms with Gasteiger partial charge in [0.25, 0.3) is 0 Å². The van der Waals surface area contributed by atoms with Crippen LogP contribution in [-0.2, 0) is 12.5 Å². The molecule has 2 nitrogen and oxygen atoms in total. The van der Waals surface area contributed by atoms with E-state index in [2.05, 4.69) is 39.0 Å². The number of aromatic nitrogens is 2. The Morgan fingerprint density at radius 3 is 2.47 bits per heavy atom. The lowest BCUT2D eigenvalue weighted by Gasteiger charge is -2.29. The molecule has 0 aliphatic heterocycles. The third-order valence-electron chi connectivity index (χ3n) is 3.32. The van der Waals surface area contributed by atoms with Crippen LogP contribution >= 0.6 is 0 Å². The van der Waals surface area contributed by atoms with Crippen LogP contribution in [0.15, 0.2) is 12.3 Å². The fourth-order valence-electron chi connectivity index (χ4n) is 2.47. The molecule has 2 heteroatoms. The summed E-state index contributed by atoms with van der Waals surface area (Å²) < 4.78 is 2.03. The molecule has 15 heavy (non-hydrogen) atoms. The predicted octanol–water partition coefficient (Wildman–Crippen LogP) is 3.67. The minimum Gasteiger partial charge on any atom is -0.272 e. The Balaban J connectivity index is 2.85. The van der Waals surface area contributed by atoms with Gasteiger partial charge in [0.15, 0.2) is 0 Å². The van der Waals surface area contributed by atoms with Crippen LogP contribution in [0.1, 0.15) is 58.6 Å². The van der Waals surface area contributed by atoms with Gasteiger partial charge in [-0.05, 0) is 18.9 Å². The highest BCUT2D eigenvalue weighted by atomic mass is 15.3. The molecule has 0 bridgehead atoms. The van der Waals surface area contributed by atoms with E-state index in [-0.39, 0.29) is 0 Å². The lowest BCUT2D eigenvalue weighted by atomic mass is 9.78. The molecule has 0 fully saturated rings. The van der Waals surface area contributed by atoms with E-state index in [0.717, 1.165) is 0 Å². The normalized spacial score (nSPS) is 15.2. The number of nitrogens with zero attached hydrogens (tertiary/aromatic N) is 2. The molecule has 0 spiro atoms. The van der Waals surface area contributed by atoms with Gasteiger partial charge in [-0.2, -0.15) is 5.10 Å². The molecule has 1 aromatic rings. The summed E-state index contributed by atoms with van der Waals surface area (Å²) in [4.78, 5) is 0. The molecule has 1 heterocycles. The highest BCUT2D eigenvalue weighted by Crippen LogP contribution is 2.33. The first kappa shape index (κ1) is 12.3. The van der Waals surface area contributed by atoms with Crippen LogP contribution in [0.25, 0.3) is 0 Å². The number of rotatable bonds is 6. The van der Waals surface area contributed by atoms with Crippen LogP contribution in [0.2, 0.25) is 0 Å². The first-order valence-electron chi connectivity index (χ1n) is 6.12. The Morgan fingerprint density at radius 1 is 1.27 bits per heavy atom. The van der Waals surface area contributed by atoms with E-state index in [4.69, 9.17) is 0 Å². The van der Waals surface area contributed by atoms with Crippen molar-refractivity contribution in [2.45, 2.75) is 58.3 Å². The van der Waals surface area contributed by atoms with E-state index in [1.54, 1.807) is 0 Å². The fraction of sp³-hybridized carbons (Fsp3) is 0.769. The summed E-state index contributed by atoms with van der Waals surface area (Å²) >= 11 is 0. The summed E-state index contributed by atoms with van der Waals surface area (Å²) in [6.45, 7) is 6.90. The molecule has 1 unspecified atom stereocenters. The molecule has 0 aromatic carbocycles. The van der Waals surface area contributed by atoms with Crippen molar-refractivity contribution in [3.8, 4) is 0 Å². The molecule has 0 radical (unpaired) electrons. The zero-order valence-corrected chi connectivity index (χ0v) is 10.6. The standard InChI is InChI=1S/C13H24N2/c1-5-7-10-13(3,9-6-2)12-8-11-14-15(12)4/h8,11H,5-7,9-10H2,1-4H3. The molecule has 1 rings (SSSR count). The summed E-state index contributed by atoms with van der Waals surface area (Å²) in [5.41, 5.74) is 1.70. The molecule has 0 saturated carbocycles. The number of hydrogen-bond donors (Lipinski definition) is 0. The Hall–Kier alpha value is -0.790. The van der Waals surface area contributed by atoms with E-state index >= 15 is 0 Å². The molecule has 0 N–H and O–H groups in total. The molecule has 0 saturated heterocycles. The molecule has 0 amide bonds. The average Bonchev–Trinajstić information content (AvgIpc) is 2.62. The second-order valence-electron chi connectivity index (χ2n) is 4.75. The van der Waals surface area contributed by atoms with Crippen LogP contribution in [0.5, 0.6) is 0 Å². The molecular weight excluding hydrogens is 184 g/mol. The molecule has 1 aromatic heterocycles. The first-order chi connectivity index (χ1) is 7.14. The van der Waals surface area contributed by atoms with Crippen LogP contribution < -0.4 is 0 Å². The molecule has 0 aliphatic rings. The Labute approximate surface area is 93.7 Å². The smallest absolute Gasteiger partial charge is 0.0492 e. The monoisotopic (exact) mass is 208 g/mol. The van der Waals surface area contributed by atoms with Gasteiger partial charge in [0, 0.05) is 24.4 Å². The molecule has 0 aliphatic carbocycles. The van der Waals surface area contributed by atoms with Gasteiger partial charge in [0.2, 0.25) is 0 Å². The molecule has 1 atom stereocenters. The molecular formula is C13H24N2.